The minimum absolute atomic E-state index is 0.0427. The Morgan fingerprint density at radius 2 is 1.05 bits per heavy atom. The normalized spacial score (nSPS) is 13.3. The minimum atomic E-state index is -1.03. The van der Waals surface area contributed by atoms with Crippen LogP contribution in [0.2, 0.25) is 0 Å². The summed E-state index contributed by atoms with van der Waals surface area (Å²) in [7, 11) is 0. The van der Waals surface area contributed by atoms with Crippen molar-refractivity contribution in [2.75, 3.05) is 0 Å². The van der Waals surface area contributed by atoms with E-state index >= 15 is 0 Å². The van der Waals surface area contributed by atoms with Gasteiger partial charge in [-0.15, -0.1) is 0 Å². The smallest absolute Gasteiger partial charge is 0.224 e. The summed E-state index contributed by atoms with van der Waals surface area (Å²) in [4.78, 5) is 97.4. The van der Waals surface area contributed by atoms with Gasteiger partial charge in [-0.3, -0.25) is 24.0 Å². The third-order valence-electron chi connectivity index (χ3n) is 6.82. The van der Waals surface area contributed by atoms with E-state index in [2.05, 4.69) is 5.32 Å². The van der Waals surface area contributed by atoms with Crippen LogP contribution in [0.25, 0.3) is 0 Å². The Bertz CT molecular complexity index is 905. The van der Waals surface area contributed by atoms with Crippen molar-refractivity contribution < 1.29 is 38.4 Å². The van der Waals surface area contributed by atoms with Gasteiger partial charge in [0.15, 0.2) is 5.78 Å². The fourth-order valence-corrected chi connectivity index (χ4v) is 4.15. The number of unbranched alkanes of at least 4 members (excludes halogenated alkanes) is 1. The molecule has 0 aromatic rings. The van der Waals surface area contributed by atoms with E-state index in [1.54, 1.807) is 0 Å². The van der Waals surface area contributed by atoms with Gasteiger partial charge in [-0.05, 0) is 59.8 Å². The second-order valence-electron chi connectivity index (χ2n) is 11.0. The molecule has 0 unspecified atom stereocenters. The fraction of sp³-hybridized carbons (Fsp3) is 0.733. The molecule has 0 heterocycles. The highest BCUT2D eigenvalue weighted by molar-refractivity contribution is 5.94. The number of hydrogen-bond acceptors (Lipinski definition) is 8. The molecule has 0 aliphatic heterocycles. The van der Waals surface area contributed by atoms with Crippen molar-refractivity contribution in [2.24, 2.45) is 17.8 Å². The van der Waals surface area contributed by atoms with Crippen molar-refractivity contribution in [3.63, 3.8) is 0 Å². The van der Waals surface area contributed by atoms with E-state index in [-0.39, 0.29) is 98.4 Å². The average molecular weight is 550 g/mol. The number of amides is 1. The molecule has 39 heavy (non-hydrogen) atoms. The largest absolute Gasteiger partial charge is 0.346 e. The number of ketones is 7. The molecule has 0 radical (unpaired) electrons. The lowest BCUT2D eigenvalue weighted by Gasteiger charge is -2.23. The van der Waals surface area contributed by atoms with Gasteiger partial charge in [0.1, 0.15) is 34.7 Å². The number of Topliss-reactive ketones (excluding diaryl/α,β-unsaturated/α-hetero) is 7. The topological polar surface area (TPSA) is 149 Å². The van der Waals surface area contributed by atoms with Gasteiger partial charge >= 0.3 is 0 Å². The van der Waals surface area contributed by atoms with Gasteiger partial charge in [-0.1, -0.05) is 13.8 Å². The van der Waals surface area contributed by atoms with Gasteiger partial charge in [0.2, 0.25) is 5.91 Å². The highest BCUT2D eigenvalue weighted by Gasteiger charge is 2.29. The Balaban J connectivity index is 5.44. The molecule has 0 fully saturated rings. The lowest BCUT2D eigenvalue weighted by molar-refractivity contribution is -0.134. The zero-order chi connectivity index (χ0) is 30.1. The first-order valence-corrected chi connectivity index (χ1v) is 14.0. The van der Waals surface area contributed by atoms with Crippen LogP contribution in [-0.4, -0.2) is 52.4 Å². The lowest BCUT2D eigenvalue weighted by Crippen LogP contribution is -2.45. The Labute approximate surface area is 232 Å². The van der Waals surface area contributed by atoms with Gasteiger partial charge in [0.25, 0.3) is 0 Å². The summed E-state index contributed by atoms with van der Waals surface area (Å²) >= 11 is 0. The molecule has 9 nitrogen and oxygen atoms in total. The summed E-state index contributed by atoms with van der Waals surface area (Å²) in [6.07, 6.45) is 2.14. The monoisotopic (exact) mass is 549 g/mol. The first kappa shape index (κ1) is 36.2. The maximum absolute atomic E-state index is 13.2. The van der Waals surface area contributed by atoms with E-state index in [0.717, 1.165) is 0 Å². The molecule has 0 aromatic carbocycles. The van der Waals surface area contributed by atoms with Gasteiger partial charge in [-0.25, -0.2) is 0 Å². The zero-order valence-corrected chi connectivity index (χ0v) is 24.6. The molecule has 220 valence electrons. The minimum Gasteiger partial charge on any atom is -0.346 e. The number of carbonyl (C=O) groups excluding carboxylic acids is 8. The van der Waals surface area contributed by atoms with Crippen LogP contribution in [0.3, 0.4) is 0 Å². The van der Waals surface area contributed by atoms with Gasteiger partial charge < -0.3 is 19.7 Å². The predicted octanol–water partition coefficient (Wildman–Crippen LogP) is 4.10. The van der Waals surface area contributed by atoms with Crippen molar-refractivity contribution >= 4 is 46.4 Å². The van der Waals surface area contributed by atoms with Gasteiger partial charge in [-0.2, -0.15) is 0 Å². The molecular weight excluding hydrogens is 502 g/mol. The van der Waals surface area contributed by atoms with E-state index in [9.17, 15) is 38.4 Å². The van der Waals surface area contributed by atoms with Crippen molar-refractivity contribution in [3.8, 4) is 0 Å². The quantitative estimate of drug-likeness (QED) is 0.187. The third kappa shape index (κ3) is 17.4. The van der Waals surface area contributed by atoms with E-state index < -0.39 is 29.6 Å². The van der Waals surface area contributed by atoms with E-state index in [0.29, 0.717) is 19.3 Å². The Morgan fingerprint density at radius 1 is 0.564 bits per heavy atom. The van der Waals surface area contributed by atoms with E-state index in [4.69, 9.17) is 0 Å². The summed E-state index contributed by atoms with van der Waals surface area (Å²) in [6, 6.07) is -1.03. The van der Waals surface area contributed by atoms with Crippen LogP contribution in [-0.2, 0) is 38.4 Å². The summed E-state index contributed by atoms with van der Waals surface area (Å²) < 4.78 is 0. The first-order chi connectivity index (χ1) is 18.1. The number of carbonyl (C=O) groups is 8. The molecule has 3 atom stereocenters. The molecule has 0 saturated carbocycles. The first-order valence-electron chi connectivity index (χ1n) is 14.0. The fourth-order valence-electron chi connectivity index (χ4n) is 4.15. The second kappa shape index (κ2) is 19.3. The molecule has 0 aromatic heterocycles. The van der Waals surface area contributed by atoms with Crippen molar-refractivity contribution in [2.45, 2.75) is 125 Å². The molecule has 0 spiro atoms. The lowest BCUT2D eigenvalue weighted by atomic mass is 9.88. The highest BCUT2D eigenvalue weighted by atomic mass is 16.2. The van der Waals surface area contributed by atoms with Crippen LogP contribution in [0, 0.1) is 17.8 Å². The summed E-state index contributed by atoms with van der Waals surface area (Å²) in [5.74, 6) is -3.18. The SMILES string of the molecule is CC(=O)CC[C@H](CC(=O)[C@H](CCC(C)=O)NC(=O)[C@H](CCC(C)=O)CC(=O)CCCCC(=O)C(C)C)C(C)=O. The molecule has 9 heteroatoms. The van der Waals surface area contributed by atoms with E-state index in [1.807, 2.05) is 13.8 Å². The predicted molar refractivity (Wildman–Crippen MR) is 147 cm³/mol. The van der Waals surface area contributed by atoms with Crippen LogP contribution >= 0.6 is 0 Å². The molecule has 1 amide bonds. The molecule has 1 N–H and O–H groups in total. The van der Waals surface area contributed by atoms with Crippen LogP contribution < -0.4 is 5.32 Å². The van der Waals surface area contributed by atoms with Crippen LogP contribution in [0.4, 0.5) is 0 Å². The Kier molecular flexibility index (Phi) is 17.9. The molecule has 0 aliphatic rings. The summed E-state index contributed by atoms with van der Waals surface area (Å²) in [5, 5.41) is 2.68. The number of hydrogen-bond donors (Lipinski definition) is 1. The van der Waals surface area contributed by atoms with Crippen molar-refractivity contribution in [1.82, 2.24) is 5.32 Å². The third-order valence-corrected chi connectivity index (χ3v) is 6.82. The number of nitrogens with one attached hydrogen (secondary N) is 1. The average Bonchev–Trinajstić information content (AvgIpc) is 2.83. The number of rotatable bonds is 23. The summed E-state index contributed by atoms with van der Waals surface area (Å²) in [6.45, 7) is 9.17. The van der Waals surface area contributed by atoms with Crippen molar-refractivity contribution in [3.05, 3.63) is 0 Å². The molecule has 0 saturated heterocycles. The standard InChI is InChI=1S/C30H47NO8/c1-19(2)28(37)10-8-7-9-26(36)17-25(15-12-21(4)33)30(39)31-27(16-13-22(5)34)29(38)18-24(23(6)35)14-11-20(3)32/h19,24-25,27H,7-18H2,1-6H3,(H,31,39)/t24-,25-,27+/m1/s1. The molecule has 0 aliphatic carbocycles. The van der Waals surface area contributed by atoms with Gasteiger partial charge in [0.05, 0.1) is 6.04 Å². The van der Waals surface area contributed by atoms with Crippen LogP contribution in [0.15, 0.2) is 0 Å². The Morgan fingerprint density at radius 3 is 1.54 bits per heavy atom. The maximum Gasteiger partial charge on any atom is 0.224 e. The molecule has 0 bridgehead atoms. The van der Waals surface area contributed by atoms with Crippen LogP contribution in [0.5, 0.6) is 0 Å². The van der Waals surface area contributed by atoms with Crippen LogP contribution in [0.1, 0.15) is 119 Å². The molecular formula is C30H47NO8. The summed E-state index contributed by atoms with van der Waals surface area (Å²) in [5.41, 5.74) is 0. The Hall–Kier alpha value is -2.84. The molecule has 0 rings (SSSR count). The van der Waals surface area contributed by atoms with Crippen molar-refractivity contribution in [1.29, 1.82) is 0 Å². The second-order valence-corrected chi connectivity index (χ2v) is 11.0. The zero-order valence-electron chi connectivity index (χ0n) is 24.6. The van der Waals surface area contributed by atoms with Gasteiger partial charge in [0, 0.05) is 62.7 Å². The highest BCUT2D eigenvalue weighted by Crippen LogP contribution is 2.19. The van der Waals surface area contributed by atoms with E-state index in [1.165, 1.54) is 27.7 Å². The maximum atomic E-state index is 13.2.